The number of rotatable bonds is 8. The number of carbonyl (C=O) groups excluding carboxylic acids is 3. The molecule has 2 rings (SSSR count). The molecule has 0 fully saturated rings. The Morgan fingerprint density at radius 1 is 1.10 bits per heavy atom. The summed E-state index contributed by atoms with van der Waals surface area (Å²) in [4.78, 5) is 36.2. The summed E-state index contributed by atoms with van der Waals surface area (Å²) in [5.74, 6) is -1.63. The van der Waals surface area contributed by atoms with E-state index < -0.39 is 37.1 Å². The summed E-state index contributed by atoms with van der Waals surface area (Å²) in [5, 5.41) is 2.67. The zero-order valence-corrected chi connectivity index (χ0v) is 17.8. The Morgan fingerprint density at radius 3 is 2.26 bits per heavy atom. The zero-order chi connectivity index (χ0) is 23.3. The fourth-order valence-corrected chi connectivity index (χ4v) is 3.25. The number of aromatic nitrogens is 1. The van der Waals surface area contributed by atoms with Crippen molar-refractivity contribution >= 4 is 17.7 Å². The van der Waals surface area contributed by atoms with Crippen LogP contribution in [-0.4, -0.2) is 35.0 Å². The van der Waals surface area contributed by atoms with E-state index >= 15 is 0 Å². The number of nitrogens with one attached hydrogen (secondary N) is 1. The number of carbonyl (C=O) groups is 3. The second-order valence-corrected chi connectivity index (χ2v) is 7.44. The fourth-order valence-electron chi connectivity index (χ4n) is 3.25. The van der Waals surface area contributed by atoms with Crippen LogP contribution in [0.2, 0.25) is 0 Å². The molecule has 1 atom stereocenters. The number of aryl methyl sites for hydroxylation is 2. The Bertz CT molecular complexity index is 962. The standard InChI is InChI=1S/C22H25F3N2O4/c1-13-5-7-17(8-6-13)19(26-16(4)28)10-21(30)31-11-20(29)18-9-14(2)27(15(18)3)12-22(23,24)25/h5-9,19H,10-12H2,1-4H3,(H,26,28). The van der Waals surface area contributed by atoms with Crippen molar-refractivity contribution in [2.45, 2.75) is 52.9 Å². The van der Waals surface area contributed by atoms with E-state index in [-0.39, 0.29) is 29.3 Å². The average molecular weight is 438 g/mol. The van der Waals surface area contributed by atoms with Crippen molar-refractivity contribution < 1.29 is 32.3 Å². The summed E-state index contributed by atoms with van der Waals surface area (Å²) in [6, 6.07) is 7.97. The summed E-state index contributed by atoms with van der Waals surface area (Å²) in [5.41, 5.74) is 2.24. The second-order valence-electron chi connectivity index (χ2n) is 7.44. The molecule has 0 aliphatic heterocycles. The van der Waals surface area contributed by atoms with Crippen LogP contribution in [0.3, 0.4) is 0 Å². The van der Waals surface area contributed by atoms with Gasteiger partial charge < -0.3 is 14.6 Å². The molecule has 0 saturated carbocycles. The number of alkyl halides is 3. The van der Waals surface area contributed by atoms with Crippen LogP contribution in [0.4, 0.5) is 13.2 Å². The number of ketones is 1. The van der Waals surface area contributed by atoms with Crippen LogP contribution in [0.5, 0.6) is 0 Å². The molecule has 9 heteroatoms. The van der Waals surface area contributed by atoms with Gasteiger partial charge in [0.25, 0.3) is 0 Å². The zero-order valence-electron chi connectivity index (χ0n) is 17.8. The molecule has 0 bridgehead atoms. The molecule has 0 aliphatic carbocycles. The lowest BCUT2D eigenvalue weighted by atomic mass is 10.0. The van der Waals surface area contributed by atoms with Gasteiger partial charge in [-0.3, -0.25) is 14.4 Å². The average Bonchev–Trinajstić information content (AvgIpc) is 2.93. The van der Waals surface area contributed by atoms with E-state index in [1.54, 1.807) is 12.1 Å². The van der Waals surface area contributed by atoms with Gasteiger partial charge in [0.2, 0.25) is 11.7 Å². The molecular weight excluding hydrogens is 413 g/mol. The highest BCUT2D eigenvalue weighted by Gasteiger charge is 2.30. The SMILES string of the molecule is CC(=O)NC(CC(=O)OCC(=O)c1cc(C)n(CC(F)(F)F)c1C)c1ccc(C)cc1. The summed E-state index contributed by atoms with van der Waals surface area (Å²) < 4.78 is 44.3. The van der Waals surface area contributed by atoms with Crippen LogP contribution in [0, 0.1) is 20.8 Å². The monoisotopic (exact) mass is 438 g/mol. The molecule has 168 valence electrons. The summed E-state index contributed by atoms with van der Waals surface area (Å²) in [6.45, 7) is 4.32. The fraction of sp³-hybridized carbons (Fsp3) is 0.409. The number of esters is 1. The van der Waals surface area contributed by atoms with E-state index in [4.69, 9.17) is 4.74 Å². The largest absolute Gasteiger partial charge is 0.457 e. The van der Waals surface area contributed by atoms with Crippen molar-refractivity contribution in [3.63, 3.8) is 0 Å². The van der Waals surface area contributed by atoms with Crippen molar-refractivity contribution in [1.29, 1.82) is 0 Å². The first-order valence-corrected chi connectivity index (χ1v) is 9.63. The maximum atomic E-state index is 12.7. The molecule has 1 aromatic heterocycles. The minimum atomic E-state index is -4.42. The Labute approximate surface area is 178 Å². The van der Waals surface area contributed by atoms with E-state index in [9.17, 15) is 27.6 Å². The third-order valence-electron chi connectivity index (χ3n) is 4.80. The number of hydrogen-bond donors (Lipinski definition) is 1. The van der Waals surface area contributed by atoms with Gasteiger partial charge in [0.05, 0.1) is 12.5 Å². The Kier molecular flexibility index (Phi) is 7.65. The van der Waals surface area contributed by atoms with Crippen LogP contribution < -0.4 is 5.32 Å². The molecule has 1 N–H and O–H groups in total. The van der Waals surface area contributed by atoms with Gasteiger partial charge in [0.15, 0.2) is 6.61 Å². The number of halogens is 3. The smallest absolute Gasteiger partial charge is 0.406 e. The van der Waals surface area contributed by atoms with E-state index in [1.165, 1.54) is 26.8 Å². The van der Waals surface area contributed by atoms with Gasteiger partial charge in [-0.25, -0.2) is 0 Å². The van der Waals surface area contributed by atoms with E-state index in [0.717, 1.165) is 10.1 Å². The molecule has 1 amide bonds. The third kappa shape index (κ3) is 6.97. The van der Waals surface area contributed by atoms with Gasteiger partial charge in [-0.1, -0.05) is 29.8 Å². The van der Waals surface area contributed by atoms with Gasteiger partial charge in [0, 0.05) is 23.9 Å². The molecule has 0 spiro atoms. The third-order valence-corrected chi connectivity index (χ3v) is 4.80. The molecule has 0 radical (unpaired) electrons. The maximum Gasteiger partial charge on any atom is 0.406 e. The van der Waals surface area contributed by atoms with Crippen LogP contribution in [0.25, 0.3) is 0 Å². The predicted molar refractivity (Wildman–Crippen MR) is 108 cm³/mol. The lowest BCUT2D eigenvalue weighted by molar-refractivity contribution is -0.143. The molecule has 1 heterocycles. The maximum absolute atomic E-state index is 12.7. The Morgan fingerprint density at radius 2 is 1.71 bits per heavy atom. The van der Waals surface area contributed by atoms with Gasteiger partial charge in [-0.05, 0) is 32.4 Å². The van der Waals surface area contributed by atoms with Crippen molar-refractivity contribution in [3.05, 3.63) is 58.4 Å². The quantitative estimate of drug-likeness (QED) is 0.500. The first-order valence-electron chi connectivity index (χ1n) is 9.63. The van der Waals surface area contributed by atoms with Crippen LogP contribution >= 0.6 is 0 Å². The van der Waals surface area contributed by atoms with Gasteiger partial charge in [-0.15, -0.1) is 0 Å². The number of ether oxygens (including phenoxy) is 1. The van der Waals surface area contributed by atoms with E-state index in [1.807, 2.05) is 19.1 Å². The molecule has 31 heavy (non-hydrogen) atoms. The second kappa shape index (κ2) is 9.80. The first kappa shape index (κ1) is 24.2. The molecule has 1 unspecified atom stereocenters. The number of Topliss-reactive ketones (excluding diaryl/α,β-unsaturated/α-hetero) is 1. The van der Waals surface area contributed by atoms with Crippen molar-refractivity contribution in [2.75, 3.05) is 6.61 Å². The first-order chi connectivity index (χ1) is 14.4. The van der Waals surface area contributed by atoms with E-state index in [2.05, 4.69) is 5.32 Å². The minimum absolute atomic E-state index is 0.0755. The highest BCUT2D eigenvalue weighted by atomic mass is 19.4. The predicted octanol–water partition coefficient (Wildman–Crippen LogP) is 3.97. The summed E-state index contributed by atoms with van der Waals surface area (Å²) in [7, 11) is 0. The van der Waals surface area contributed by atoms with Gasteiger partial charge >= 0.3 is 12.1 Å². The number of benzene rings is 1. The molecule has 0 aliphatic rings. The molecule has 2 aromatic rings. The summed E-state index contributed by atoms with van der Waals surface area (Å²) in [6.07, 6.45) is -4.61. The van der Waals surface area contributed by atoms with Gasteiger partial charge in [-0.2, -0.15) is 13.2 Å². The van der Waals surface area contributed by atoms with Crippen molar-refractivity contribution in [3.8, 4) is 0 Å². The van der Waals surface area contributed by atoms with Gasteiger partial charge in [0.1, 0.15) is 6.54 Å². The molecule has 0 saturated heterocycles. The minimum Gasteiger partial charge on any atom is -0.457 e. The molecule has 1 aromatic carbocycles. The van der Waals surface area contributed by atoms with Crippen LogP contribution in [0.1, 0.15) is 52.3 Å². The Balaban J connectivity index is 2.04. The van der Waals surface area contributed by atoms with Crippen molar-refractivity contribution in [2.24, 2.45) is 0 Å². The molecular formula is C22H25F3N2O4. The number of amides is 1. The normalized spacial score (nSPS) is 12.4. The Hall–Kier alpha value is -3.10. The number of nitrogens with zero attached hydrogens (tertiary/aromatic N) is 1. The summed E-state index contributed by atoms with van der Waals surface area (Å²) >= 11 is 0. The highest BCUT2D eigenvalue weighted by Crippen LogP contribution is 2.24. The lowest BCUT2D eigenvalue weighted by Gasteiger charge is -2.18. The topological polar surface area (TPSA) is 77.4 Å². The van der Waals surface area contributed by atoms with E-state index in [0.29, 0.717) is 5.56 Å². The lowest BCUT2D eigenvalue weighted by Crippen LogP contribution is -2.29. The molecule has 6 nitrogen and oxygen atoms in total. The van der Waals surface area contributed by atoms with Crippen LogP contribution in [-0.2, 0) is 20.9 Å². The highest BCUT2D eigenvalue weighted by molar-refractivity contribution is 5.99. The number of hydrogen-bond acceptors (Lipinski definition) is 4. The van der Waals surface area contributed by atoms with Crippen LogP contribution in [0.15, 0.2) is 30.3 Å². The van der Waals surface area contributed by atoms with Crippen molar-refractivity contribution in [1.82, 2.24) is 9.88 Å².